The summed E-state index contributed by atoms with van der Waals surface area (Å²) in [5.74, 6) is 1.18. The second kappa shape index (κ2) is 6.28. The SMILES string of the molecule is Cc1cc(C(C)(O)CNC(=O)C=Cc2cccs2)c(C)o1. The molecule has 0 aromatic carbocycles. The molecule has 0 saturated heterocycles. The second-order valence-electron chi connectivity index (χ2n) is 5.17. The molecule has 0 saturated carbocycles. The van der Waals surface area contributed by atoms with Gasteiger partial charge in [0.15, 0.2) is 0 Å². The van der Waals surface area contributed by atoms with Crippen LogP contribution < -0.4 is 5.32 Å². The molecular formula is C16H19NO3S. The molecule has 21 heavy (non-hydrogen) atoms. The number of rotatable bonds is 5. The van der Waals surface area contributed by atoms with Crippen molar-refractivity contribution in [3.63, 3.8) is 0 Å². The number of aryl methyl sites for hydroxylation is 2. The van der Waals surface area contributed by atoms with Crippen molar-refractivity contribution in [3.05, 3.63) is 51.6 Å². The lowest BCUT2D eigenvalue weighted by Gasteiger charge is -2.22. The zero-order chi connectivity index (χ0) is 15.5. The highest BCUT2D eigenvalue weighted by atomic mass is 32.1. The maximum atomic E-state index is 11.8. The molecule has 1 atom stereocenters. The normalized spacial score (nSPS) is 14.3. The van der Waals surface area contributed by atoms with Crippen LogP contribution in [0.3, 0.4) is 0 Å². The Hall–Kier alpha value is -1.85. The van der Waals surface area contributed by atoms with Gasteiger partial charge < -0.3 is 14.8 Å². The first-order valence-corrected chi connectivity index (χ1v) is 7.56. The van der Waals surface area contributed by atoms with E-state index in [0.717, 1.165) is 10.6 Å². The summed E-state index contributed by atoms with van der Waals surface area (Å²) < 4.78 is 5.42. The number of nitrogens with one attached hydrogen (secondary N) is 1. The summed E-state index contributed by atoms with van der Waals surface area (Å²) in [5.41, 5.74) is -0.462. The van der Waals surface area contributed by atoms with Gasteiger partial charge in [0.1, 0.15) is 17.1 Å². The molecule has 0 aliphatic heterocycles. The van der Waals surface area contributed by atoms with Gasteiger partial charge in [-0.05, 0) is 44.4 Å². The molecule has 0 aliphatic rings. The van der Waals surface area contributed by atoms with Crippen LogP contribution in [0.5, 0.6) is 0 Å². The van der Waals surface area contributed by atoms with E-state index in [9.17, 15) is 9.90 Å². The molecule has 4 nitrogen and oxygen atoms in total. The molecule has 2 rings (SSSR count). The fourth-order valence-corrected chi connectivity index (χ4v) is 2.74. The monoisotopic (exact) mass is 305 g/mol. The van der Waals surface area contributed by atoms with Crippen LogP contribution in [0.25, 0.3) is 6.08 Å². The predicted octanol–water partition coefficient (Wildman–Crippen LogP) is 3.00. The summed E-state index contributed by atoms with van der Waals surface area (Å²) in [6, 6.07) is 5.66. The van der Waals surface area contributed by atoms with Crippen LogP contribution in [0.1, 0.15) is 28.9 Å². The number of amides is 1. The third-order valence-corrected chi connectivity index (χ3v) is 4.01. The fraction of sp³-hybridized carbons (Fsp3) is 0.312. The lowest BCUT2D eigenvalue weighted by Crippen LogP contribution is -2.38. The minimum absolute atomic E-state index is 0.125. The summed E-state index contributed by atoms with van der Waals surface area (Å²) in [6.45, 7) is 5.41. The molecule has 2 aromatic rings. The highest BCUT2D eigenvalue weighted by Gasteiger charge is 2.27. The Labute approximate surface area is 128 Å². The Bertz CT molecular complexity index is 639. The first kappa shape index (κ1) is 15.5. The minimum Gasteiger partial charge on any atom is -0.466 e. The van der Waals surface area contributed by atoms with Gasteiger partial charge in [-0.15, -0.1) is 11.3 Å². The lowest BCUT2D eigenvalue weighted by molar-refractivity contribution is -0.117. The number of carbonyl (C=O) groups excluding carboxylic acids is 1. The molecule has 2 heterocycles. The van der Waals surface area contributed by atoms with E-state index in [1.165, 1.54) is 6.08 Å². The Morgan fingerprint density at radius 3 is 2.86 bits per heavy atom. The zero-order valence-corrected chi connectivity index (χ0v) is 13.2. The number of hydrogen-bond acceptors (Lipinski definition) is 4. The first-order valence-electron chi connectivity index (χ1n) is 6.68. The molecule has 0 bridgehead atoms. The third-order valence-electron chi connectivity index (χ3n) is 3.17. The van der Waals surface area contributed by atoms with Crippen LogP contribution in [0.2, 0.25) is 0 Å². The van der Waals surface area contributed by atoms with Crippen LogP contribution in [0.4, 0.5) is 0 Å². The van der Waals surface area contributed by atoms with Crippen molar-refractivity contribution in [2.24, 2.45) is 0 Å². The maximum Gasteiger partial charge on any atom is 0.244 e. The van der Waals surface area contributed by atoms with Gasteiger partial charge in [-0.3, -0.25) is 4.79 Å². The smallest absolute Gasteiger partial charge is 0.244 e. The quantitative estimate of drug-likeness (QED) is 0.835. The Morgan fingerprint density at radius 2 is 2.29 bits per heavy atom. The van der Waals surface area contributed by atoms with Crippen LogP contribution in [-0.4, -0.2) is 17.6 Å². The van der Waals surface area contributed by atoms with Gasteiger partial charge in [0.05, 0.1) is 6.54 Å². The van der Waals surface area contributed by atoms with E-state index < -0.39 is 5.60 Å². The molecule has 5 heteroatoms. The first-order chi connectivity index (χ1) is 9.88. The summed E-state index contributed by atoms with van der Waals surface area (Å²) in [4.78, 5) is 12.8. The Balaban J connectivity index is 1.95. The van der Waals surface area contributed by atoms with Crippen molar-refractivity contribution in [2.75, 3.05) is 6.54 Å². The van der Waals surface area contributed by atoms with Crippen molar-refractivity contribution in [1.29, 1.82) is 0 Å². The van der Waals surface area contributed by atoms with Gasteiger partial charge in [-0.25, -0.2) is 0 Å². The molecule has 0 radical (unpaired) electrons. The summed E-state index contributed by atoms with van der Waals surface area (Å²) in [5, 5.41) is 15.1. The molecule has 0 aliphatic carbocycles. The number of thiophene rings is 1. The van der Waals surface area contributed by atoms with Crippen LogP contribution >= 0.6 is 11.3 Å². The summed E-state index contributed by atoms with van der Waals surface area (Å²) >= 11 is 1.56. The van der Waals surface area contributed by atoms with Gasteiger partial charge in [-0.2, -0.15) is 0 Å². The largest absolute Gasteiger partial charge is 0.466 e. The highest BCUT2D eigenvalue weighted by molar-refractivity contribution is 7.10. The molecule has 0 fully saturated rings. The van der Waals surface area contributed by atoms with Gasteiger partial charge in [0.2, 0.25) is 5.91 Å². The van der Waals surface area contributed by atoms with E-state index >= 15 is 0 Å². The maximum absolute atomic E-state index is 11.8. The number of aliphatic hydroxyl groups is 1. The molecule has 0 spiro atoms. The van der Waals surface area contributed by atoms with Crippen molar-refractivity contribution in [3.8, 4) is 0 Å². The summed E-state index contributed by atoms with van der Waals surface area (Å²) in [6.07, 6.45) is 3.22. The van der Waals surface area contributed by atoms with Crippen LogP contribution in [-0.2, 0) is 10.4 Å². The number of hydrogen-bond donors (Lipinski definition) is 2. The standard InChI is InChI=1S/C16H19NO3S/c1-11-9-14(12(2)20-11)16(3,19)10-17-15(18)7-6-13-5-4-8-21-13/h4-9,19H,10H2,1-3H3,(H,17,18). The van der Waals surface area contributed by atoms with Gasteiger partial charge in [0.25, 0.3) is 0 Å². The molecule has 2 N–H and O–H groups in total. The van der Waals surface area contributed by atoms with Crippen molar-refractivity contribution in [2.45, 2.75) is 26.4 Å². The van der Waals surface area contributed by atoms with E-state index in [-0.39, 0.29) is 12.5 Å². The van der Waals surface area contributed by atoms with E-state index in [1.807, 2.05) is 24.4 Å². The van der Waals surface area contributed by atoms with Crippen molar-refractivity contribution in [1.82, 2.24) is 5.32 Å². The predicted molar refractivity (Wildman–Crippen MR) is 84.1 cm³/mol. The number of carbonyl (C=O) groups is 1. The molecule has 1 unspecified atom stereocenters. The molecule has 2 aromatic heterocycles. The Morgan fingerprint density at radius 1 is 1.52 bits per heavy atom. The average molecular weight is 305 g/mol. The molecular weight excluding hydrogens is 286 g/mol. The number of furan rings is 1. The van der Waals surface area contributed by atoms with Crippen LogP contribution in [0.15, 0.2) is 34.1 Å². The van der Waals surface area contributed by atoms with Crippen molar-refractivity contribution < 1.29 is 14.3 Å². The van der Waals surface area contributed by atoms with E-state index in [1.54, 1.807) is 37.3 Å². The minimum atomic E-state index is -1.16. The van der Waals surface area contributed by atoms with E-state index in [4.69, 9.17) is 4.42 Å². The van der Waals surface area contributed by atoms with Gasteiger partial charge >= 0.3 is 0 Å². The van der Waals surface area contributed by atoms with Crippen molar-refractivity contribution >= 4 is 23.3 Å². The Kier molecular flexibility index (Phi) is 4.65. The summed E-state index contributed by atoms with van der Waals surface area (Å²) in [7, 11) is 0. The highest BCUT2D eigenvalue weighted by Crippen LogP contribution is 2.26. The topological polar surface area (TPSA) is 62.5 Å². The van der Waals surface area contributed by atoms with Gasteiger partial charge in [0, 0.05) is 16.5 Å². The van der Waals surface area contributed by atoms with E-state index in [0.29, 0.717) is 11.3 Å². The van der Waals surface area contributed by atoms with E-state index in [2.05, 4.69) is 5.32 Å². The third kappa shape index (κ3) is 4.06. The lowest BCUT2D eigenvalue weighted by atomic mass is 9.96. The second-order valence-corrected chi connectivity index (χ2v) is 6.15. The average Bonchev–Trinajstić information content (AvgIpc) is 3.04. The zero-order valence-electron chi connectivity index (χ0n) is 12.3. The van der Waals surface area contributed by atoms with Crippen LogP contribution in [0, 0.1) is 13.8 Å². The van der Waals surface area contributed by atoms with Gasteiger partial charge in [-0.1, -0.05) is 6.07 Å². The fourth-order valence-electron chi connectivity index (χ4n) is 2.12. The molecule has 112 valence electrons. The molecule has 1 amide bonds.